The van der Waals surface area contributed by atoms with Gasteiger partial charge in [0.05, 0.1) is 22.7 Å². The molecule has 0 atom stereocenters. The quantitative estimate of drug-likeness (QED) is 0.374. The van der Waals surface area contributed by atoms with Crippen LogP contribution in [-0.2, 0) is 0 Å². The predicted molar refractivity (Wildman–Crippen MR) is 126 cm³/mol. The first-order valence-electron chi connectivity index (χ1n) is 10.2. The second-order valence-corrected chi connectivity index (χ2v) is 7.77. The molecule has 5 rings (SSSR count). The minimum atomic E-state index is -0.332. The van der Waals surface area contributed by atoms with Crippen molar-refractivity contribution in [2.24, 2.45) is 0 Å². The van der Waals surface area contributed by atoms with Crippen LogP contribution in [0.25, 0.3) is 27.8 Å². The van der Waals surface area contributed by atoms with Crippen LogP contribution in [0.15, 0.2) is 60.8 Å². The summed E-state index contributed by atoms with van der Waals surface area (Å²) in [5.74, 6) is 0.756. The molecule has 0 aliphatic heterocycles. The molecule has 0 saturated carbocycles. The van der Waals surface area contributed by atoms with Gasteiger partial charge in [0.2, 0.25) is 5.95 Å². The number of rotatable bonds is 5. The van der Waals surface area contributed by atoms with E-state index in [1.54, 1.807) is 12.3 Å². The van der Waals surface area contributed by atoms with E-state index in [1.165, 1.54) is 0 Å². The summed E-state index contributed by atoms with van der Waals surface area (Å²) in [4.78, 5) is 24.7. The third kappa shape index (κ3) is 3.67. The van der Waals surface area contributed by atoms with Gasteiger partial charge < -0.3 is 14.1 Å². The van der Waals surface area contributed by atoms with Crippen LogP contribution in [0.1, 0.15) is 23.1 Å². The normalized spacial score (nSPS) is 11.2. The van der Waals surface area contributed by atoms with Crippen LogP contribution in [0.4, 0.5) is 5.95 Å². The molecule has 2 aromatic carbocycles. The van der Waals surface area contributed by atoms with Crippen molar-refractivity contribution in [3.63, 3.8) is 0 Å². The van der Waals surface area contributed by atoms with Gasteiger partial charge in [0.1, 0.15) is 17.1 Å². The van der Waals surface area contributed by atoms with Crippen molar-refractivity contribution in [2.45, 2.75) is 13.8 Å². The van der Waals surface area contributed by atoms with Crippen molar-refractivity contribution in [1.29, 1.82) is 0 Å². The molecule has 0 radical (unpaired) electrons. The maximum absolute atomic E-state index is 12.7. The molecule has 32 heavy (non-hydrogen) atoms. The molecule has 0 unspecified atom stereocenters. The van der Waals surface area contributed by atoms with Crippen molar-refractivity contribution in [1.82, 2.24) is 19.4 Å². The predicted octanol–water partition coefficient (Wildman–Crippen LogP) is 5.49. The van der Waals surface area contributed by atoms with Crippen LogP contribution in [0.5, 0.6) is 5.75 Å². The molecule has 0 spiro atoms. The number of hydrogen-bond donors (Lipinski definition) is 2. The number of nitrogens with one attached hydrogen (secondary N) is 2. The first-order chi connectivity index (χ1) is 15.5. The minimum absolute atomic E-state index is 0.321. The second kappa shape index (κ2) is 8.01. The number of halogens is 1. The van der Waals surface area contributed by atoms with E-state index in [9.17, 15) is 4.79 Å². The topological polar surface area (TPSA) is 84.3 Å². The fraction of sp³-hybridized carbons (Fsp3) is 0.125. The Morgan fingerprint density at radius 1 is 1.16 bits per heavy atom. The fourth-order valence-corrected chi connectivity index (χ4v) is 3.93. The van der Waals surface area contributed by atoms with Crippen LogP contribution in [-0.4, -0.2) is 31.9 Å². The van der Waals surface area contributed by atoms with Gasteiger partial charge in [-0.3, -0.25) is 10.1 Å². The number of aryl methyl sites for hydroxylation is 1. The third-order valence-electron chi connectivity index (χ3n) is 5.20. The van der Waals surface area contributed by atoms with Crippen molar-refractivity contribution in [2.75, 3.05) is 11.9 Å². The van der Waals surface area contributed by atoms with Gasteiger partial charge in [-0.05, 0) is 61.9 Å². The maximum atomic E-state index is 12.7. The summed E-state index contributed by atoms with van der Waals surface area (Å²) < 4.78 is 7.38. The van der Waals surface area contributed by atoms with Gasteiger partial charge in [0, 0.05) is 17.5 Å². The number of imidazole rings is 2. The Labute approximate surface area is 189 Å². The van der Waals surface area contributed by atoms with E-state index >= 15 is 0 Å². The van der Waals surface area contributed by atoms with Gasteiger partial charge in [-0.2, -0.15) is 0 Å². The van der Waals surface area contributed by atoms with Crippen LogP contribution in [0.3, 0.4) is 0 Å². The number of benzene rings is 2. The largest absolute Gasteiger partial charge is 0.494 e. The van der Waals surface area contributed by atoms with E-state index < -0.39 is 0 Å². The fourth-order valence-electron chi connectivity index (χ4n) is 3.65. The Bertz CT molecular complexity index is 1470. The highest BCUT2D eigenvalue weighted by molar-refractivity contribution is 6.33. The minimum Gasteiger partial charge on any atom is -0.494 e. The number of hydrogen-bond acceptors (Lipinski definition) is 4. The molecule has 3 aromatic heterocycles. The van der Waals surface area contributed by atoms with Gasteiger partial charge in [0.25, 0.3) is 5.91 Å². The van der Waals surface area contributed by atoms with Crippen molar-refractivity contribution in [3.05, 3.63) is 77.2 Å². The number of aromatic amines is 1. The van der Waals surface area contributed by atoms with E-state index in [2.05, 4.69) is 20.3 Å². The summed E-state index contributed by atoms with van der Waals surface area (Å²) in [5.41, 5.74) is 5.38. The average Bonchev–Trinajstić information content (AvgIpc) is 3.38. The molecule has 0 saturated heterocycles. The van der Waals surface area contributed by atoms with Crippen molar-refractivity contribution >= 4 is 40.1 Å². The molecule has 0 aliphatic rings. The number of H-pyrrole nitrogens is 1. The molecule has 2 N–H and O–H groups in total. The highest BCUT2D eigenvalue weighted by Gasteiger charge is 2.14. The molecule has 8 heteroatoms. The van der Waals surface area contributed by atoms with Crippen LogP contribution < -0.4 is 10.1 Å². The smallest absolute Gasteiger partial charge is 0.278 e. The van der Waals surface area contributed by atoms with E-state index in [0.717, 1.165) is 39.3 Å². The van der Waals surface area contributed by atoms with Crippen molar-refractivity contribution < 1.29 is 9.53 Å². The SMILES string of the molecule is CCOc1ccc(-c2ccc3nc(NC(=O)c4cn5c(C)cccc5n4)[nH]c3c2)c(Cl)c1. The van der Waals surface area contributed by atoms with Crippen LogP contribution >= 0.6 is 11.6 Å². The molecule has 0 fully saturated rings. The molecular formula is C24H20ClN5O2. The Hall–Kier alpha value is -3.84. The summed E-state index contributed by atoms with van der Waals surface area (Å²) in [6.45, 7) is 4.48. The van der Waals surface area contributed by atoms with Gasteiger partial charge in [-0.15, -0.1) is 0 Å². The number of carbonyl (C=O) groups is 1. The lowest BCUT2D eigenvalue weighted by atomic mass is 10.0. The Kier molecular flexibility index (Phi) is 5.03. The molecule has 0 aliphatic carbocycles. The average molecular weight is 446 g/mol. The lowest BCUT2D eigenvalue weighted by Crippen LogP contribution is -2.13. The Morgan fingerprint density at radius 3 is 2.81 bits per heavy atom. The summed E-state index contributed by atoms with van der Waals surface area (Å²) in [6, 6.07) is 17.1. The molecule has 160 valence electrons. The molecule has 3 heterocycles. The number of carbonyl (C=O) groups excluding carboxylic acids is 1. The maximum Gasteiger partial charge on any atom is 0.278 e. The number of amides is 1. The van der Waals surface area contributed by atoms with Gasteiger partial charge in [-0.25, -0.2) is 9.97 Å². The number of anilines is 1. The zero-order chi connectivity index (χ0) is 22.2. The van der Waals surface area contributed by atoms with Crippen LogP contribution in [0, 0.1) is 6.92 Å². The lowest BCUT2D eigenvalue weighted by Gasteiger charge is -2.08. The molecule has 1 amide bonds. The van der Waals surface area contributed by atoms with Gasteiger partial charge in [-0.1, -0.05) is 23.7 Å². The van der Waals surface area contributed by atoms with E-state index in [1.807, 2.05) is 66.8 Å². The number of ether oxygens (including phenoxy) is 1. The van der Waals surface area contributed by atoms with Crippen LogP contribution in [0.2, 0.25) is 5.02 Å². The highest BCUT2D eigenvalue weighted by Crippen LogP contribution is 2.33. The monoisotopic (exact) mass is 445 g/mol. The van der Waals surface area contributed by atoms with Gasteiger partial charge >= 0.3 is 0 Å². The lowest BCUT2D eigenvalue weighted by molar-refractivity contribution is 0.102. The molecule has 5 aromatic rings. The van der Waals surface area contributed by atoms with Crippen molar-refractivity contribution in [3.8, 4) is 16.9 Å². The zero-order valence-electron chi connectivity index (χ0n) is 17.5. The summed E-state index contributed by atoms with van der Waals surface area (Å²) in [7, 11) is 0. The third-order valence-corrected chi connectivity index (χ3v) is 5.52. The second-order valence-electron chi connectivity index (χ2n) is 7.37. The Morgan fingerprint density at radius 2 is 2.03 bits per heavy atom. The highest BCUT2D eigenvalue weighted by atomic mass is 35.5. The summed E-state index contributed by atoms with van der Waals surface area (Å²) in [5, 5.41) is 3.40. The number of fused-ring (bicyclic) bond motifs is 2. The molecule has 7 nitrogen and oxygen atoms in total. The molecular weight excluding hydrogens is 426 g/mol. The van der Waals surface area contributed by atoms with Gasteiger partial charge in [0.15, 0.2) is 0 Å². The van der Waals surface area contributed by atoms with E-state index in [0.29, 0.717) is 23.3 Å². The first-order valence-corrected chi connectivity index (χ1v) is 10.6. The zero-order valence-corrected chi connectivity index (χ0v) is 18.3. The van der Waals surface area contributed by atoms with E-state index in [4.69, 9.17) is 16.3 Å². The number of pyridine rings is 1. The van der Waals surface area contributed by atoms with E-state index in [-0.39, 0.29) is 5.91 Å². The number of aromatic nitrogens is 4. The standard InChI is InChI=1S/C24H20ClN5O2/c1-3-32-16-8-9-17(18(25)12-16)15-7-10-19-20(11-15)28-24(27-19)29-23(31)21-13-30-14(2)5-4-6-22(30)26-21/h4-13H,3H2,1-2H3,(H2,27,28,29,31). The first kappa shape index (κ1) is 20.1. The Balaban J connectivity index is 1.41. The summed E-state index contributed by atoms with van der Waals surface area (Å²) in [6.07, 6.45) is 1.72. The number of nitrogens with zero attached hydrogens (tertiary/aromatic N) is 3. The summed E-state index contributed by atoms with van der Waals surface area (Å²) >= 11 is 6.47. The molecule has 0 bridgehead atoms.